The van der Waals surface area contributed by atoms with E-state index in [1.54, 1.807) is 12.1 Å². The molecule has 29 heavy (non-hydrogen) atoms. The van der Waals surface area contributed by atoms with Crippen molar-refractivity contribution in [3.05, 3.63) is 71.2 Å². The maximum Gasteiger partial charge on any atom is 0.345 e. The molecule has 1 fully saturated rings. The Balaban J connectivity index is 1.66. The topological polar surface area (TPSA) is 63.7 Å². The van der Waals surface area contributed by atoms with E-state index in [0.717, 1.165) is 30.0 Å². The van der Waals surface area contributed by atoms with E-state index in [4.69, 9.17) is 16.3 Å². The van der Waals surface area contributed by atoms with Crippen LogP contribution < -0.4 is 4.74 Å². The van der Waals surface area contributed by atoms with Gasteiger partial charge in [0.1, 0.15) is 5.75 Å². The fraction of sp³-hybridized carbons (Fsp3) is 0.227. The van der Waals surface area contributed by atoms with Crippen LogP contribution in [0.3, 0.4) is 0 Å². The molecule has 0 atom stereocenters. The van der Waals surface area contributed by atoms with Gasteiger partial charge in [-0.25, -0.2) is 13.2 Å². The minimum atomic E-state index is -3.68. The summed E-state index contributed by atoms with van der Waals surface area (Å²) >= 11 is 6.20. The molecule has 0 aliphatic carbocycles. The van der Waals surface area contributed by atoms with E-state index in [-0.39, 0.29) is 15.5 Å². The zero-order valence-corrected chi connectivity index (χ0v) is 17.2. The summed E-state index contributed by atoms with van der Waals surface area (Å²) < 4.78 is 32.9. The molecule has 0 aromatic heterocycles. The number of rotatable bonds is 4. The molecule has 0 unspecified atom stereocenters. The first-order chi connectivity index (χ1) is 14.0. The van der Waals surface area contributed by atoms with E-state index in [9.17, 15) is 13.2 Å². The number of fused-ring (bicyclic) bond motifs is 1. The van der Waals surface area contributed by atoms with Crippen LogP contribution in [0.2, 0.25) is 5.02 Å². The molecule has 0 N–H and O–H groups in total. The molecule has 1 aliphatic heterocycles. The Labute approximate surface area is 174 Å². The predicted octanol–water partition coefficient (Wildman–Crippen LogP) is 4.89. The molecule has 4 rings (SSSR count). The van der Waals surface area contributed by atoms with Crippen LogP contribution in [0.25, 0.3) is 10.8 Å². The van der Waals surface area contributed by atoms with Crippen LogP contribution in [0.15, 0.2) is 65.6 Å². The van der Waals surface area contributed by atoms with Gasteiger partial charge in [-0.15, -0.1) is 0 Å². The summed E-state index contributed by atoms with van der Waals surface area (Å²) in [5.41, 5.74) is 0.0256. The second-order valence-electron chi connectivity index (χ2n) is 6.97. The molecule has 1 heterocycles. The van der Waals surface area contributed by atoms with Gasteiger partial charge in [-0.3, -0.25) is 0 Å². The molecule has 3 aromatic carbocycles. The summed E-state index contributed by atoms with van der Waals surface area (Å²) in [5.74, 6) is -0.296. The van der Waals surface area contributed by atoms with Crippen molar-refractivity contribution in [2.75, 3.05) is 13.1 Å². The number of carbonyl (C=O) groups excluding carboxylic acids is 1. The van der Waals surface area contributed by atoms with Crippen molar-refractivity contribution in [3.63, 3.8) is 0 Å². The van der Waals surface area contributed by atoms with Crippen molar-refractivity contribution in [3.8, 4) is 5.75 Å². The highest BCUT2D eigenvalue weighted by Crippen LogP contribution is 2.29. The largest absolute Gasteiger partial charge is 0.422 e. The van der Waals surface area contributed by atoms with Crippen molar-refractivity contribution in [2.45, 2.75) is 24.2 Å². The van der Waals surface area contributed by atoms with Crippen molar-refractivity contribution < 1.29 is 17.9 Å². The lowest BCUT2D eigenvalue weighted by Gasteiger charge is -2.26. The first-order valence-electron chi connectivity index (χ1n) is 9.46. The Morgan fingerprint density at radius 2 is 1.66 bits per heavy atom. The van der Waals surface area contributed by atoms with E-state index >= 15 is 0 Å². The fourth-order valence-corrected chi connectivity index (χ4v) is 5.25. The van der Waals surface area contributed by atoms with Crippen LogP contribution >= 0.6 is 11.6 Å². The molecule has 1 saturated heterocycles. The minimum Gasteiger partial charge on any atom is -0.422 e. The predicted molar refractivity (Wildman–Crippen MR) is 113 cm³/mol. The zero-order valence-electron chi connectivity index (χ0n) is 15.7. The zero-order chi connectivity index (χ0) is 20.4. The Morgan fingerprint density at radius 3 is 2.45 bits per heavy atom. The monoisotopic (exact) mass is 429 g/mol. The SMILES string of the molecule is O=C(Oc1cccc2ccccc12)c1cc(S(=O)(=O)N2CCCCC2)ccc1Cl. The normalized spacial score (nSPS) is 15.3. The van der Waals surface area contributed by atoms with E-state index in [2.05, 4.69) is 0 Å². The van der Waals surface area contributed by atoms with E-state index < -0.39 is 16.0 Å². The molecule has 1 aliphatic rings. The van der Waals surface area contributed by atoms with Gasteiger partial charge in [0.15, 0.2) is 0 Å². The Hall–Kier alpha value is -2.41. The minimum absolute atomic E-state index is 0.0256. The molecule has 0 amide bonds. The number of ether oxygens (including phenoxy) is 1. The number of halogens is 1. The second kappa shape index (κ2) is 8.14. The van der Waals surface area contributed by atoms with Crippen molar-refractivity contribution >= 4 is 38.4 Å². The lowest BCUT2D eigenvalue weighted by Crippen LogP contribution is -2.35. The van der Waals surface area contributed by atoms with Crippen molar-refractivity contribution in [1.29, 1.82) is 0 Å². The van der Waals surface area contributed by atoms with Gasteiger partial charge in [0.25, 0.3) is 0 Å². The van der Waals surface area contributed by atoms with E-state index in [1.807, 2.05) is 30.3 Å². The van der Waals surface area contributed by atoms with Gasteiger partial charge >= 0.3 is 5.97 Å². The molecule has 0 spiro atoms. The summed E-state index contributed by atoms with van der Waals surface area (Å²) in [7, 11) is -3.68. The third-order valence-electron chi connectivity index (χ3n) is 5.06. The fourth-order valence-electron chi connectivity index (χ4n) is 3.52. The lowest BCUT2D eigenvalue weighted by atomic mass is 10.1. The maximum atomic E-state index is 12.9. The first-order valence-corrected chi connectivity index (χ1v) is 11.3. The molecule has 3 aromatic rings. The highest BCUT2D eigenvalue weighted by molar-refractivity contribution is 7.89. The van der Waals surface area contributed by atoms with Crippen molar-refractivity contribution in [1.82, 2.24) is 4.31 Å². The second-order valence-corrected chi connectivity index (χ2v) is 9.32. The maximum absolute atomic E-state index is 12.9. The number of piperidine rings is 1. The molecule has 5 nitrogen and oxygen atoms in total. The standard InChI is InChI=1S/C22H20ClNO4S/c23-20-12-11-17(29(26,27)24-13-4-1-5-14-24)15-19(20)22(25)28-21-10-6-8-16-7-2-3-9-18(16)21/h2-3,6-12,15H,1,4-5,13-14H2. The number of benzene rings is 3. The van der Waals surface area contributed by atoms with Gasteiger partial charge in [0.05, 0.1) is 15.5 Å². The smallest absolute Gasteiger partial charge is 0.345 e. The summed E-state index contributed by atoms with van der Waals surface area (Å²) in [6.45, 7) is 0.974. The van der Waals surface area contributed by atoms with Gasteiger partial charge in [-0.1, -0.05) is 54.4 Å². The molecule has 0 bridgehead atoms. The average molecular weight is 430 g/mol. The number of hydrogen-bond acceptors (Lipinski definition) is 4. The number of esters is 1. The van der Waals surface area contributed by atoms with Gasteiger partial charge < -0.3 is 4.74 Å². The van der Waals surface area contributed by atoms with E-state index in [1.165, 1.54) is 22.5 Å². The lowest BCUT2D eigenvalue weighted by molar-refractivity contribution is 0.0737. The number of hydrogen-bond donors (Lipinski definition) is 0. The van der Waals surface area contributed by atoms with Crippen LogP contribution in [0.1, 0.15) is 29.6 Å². The number of nitrogens with zero attached hydrogens (tertiary/aromatic N) is 1. The summed E-state index contributed by atoms with van der Waals surface area (Å²) in [6.07, 6.45) is 2.70. The molecule has 7 heteroatoms. The Bertz CT molecular complexity index is 1170. The first kappa shape index (κ1) is 19.9. The third kappa shape index (κ3) is 4.01. The van der Waals surface area contributed by atoms with Gasteiger partial charge in [-0.05, 0) is 42.5 Å². The van der Waals surface area contributed by atoms with Crippen LogP contribution in [-0.4, -0.2) is 31.8 Å². The Kier molecular flexibility index (Phi) is 5.58. The van der Waals surface area contributed by atoms with E-state index in [0.29, 0.717) is 18.8 Å². The highest BCUT2D eigenvalue weighted by atomic mass is 35.5. The van der Waals surface area contributed by atoms with Crippen LogP contribution in [0.4, 0.5) is 0 Å². The summed E-state index contributed by atoms with van der Waals surface area (Å²) in [6, 6.07) is 17.1. The molecule has 0 radical (unpaired) electrons. The number of carbonyl (C=O) groups is 1. The van der Waals surface area contributed by atoms with Gasteiger partial charge in [0.2, 0.25) is 10.0 Å². The highest BCUT2D eigenvalue weighted by Gasteiger charge is 2.27. The Morgan fingerprint density at radius 1 is 0.931 bits per heavy atom. The third-order valence-corrected chi connectivity index (χ3v) is 7.29. The molecular formula is C22H20ClNO4S. The average Bonchev–Trinajstić information content (AvgIpc) is 2.75. The van der Waals surface area contributed by atoms with Gasteiger partial charge in [0, 0.05) is 18.5 Å². The number of sulfonamides is 1. The van der Waals surface area contributed by atoms with Crippen LogP contribution in [0, 0.1) is 0 Å². The summed E-state index contributed by atoms with van der Waals surface area (Å²) in [4.78, 5) is 12.9. The summed E-state index contributed by atoms with van der Waals surface area (Å²) in [5, 5.41) is 1.87. The van der Waals surface area contributed by atoms with Crippen molar-refractivity contribution in [2.24, 2.45) is 0 Å². The van der Waals surface area contributed by atoms with Crippen LogP contribution in [0.5, 0.6) is 5.75 Å². The van der Waals surface area contributed by atoms with Crippen LogP contribution in [-0.2, 0) is 10.0 Å². The molecule has 150 valence electrons. The molecule has 0 saturated carbocycles. The van der Waals surface area contributed by atoms with Gasteiger partial charge in [-0.2, -0.15) is 4.31 Å². The molecular weight excluding hydrogens is 410 g/mol. The quantitative estimate of drug-likeness (QED) is 0.437.